The van der Waals surface area contributed by atoms with E-state index in [0.29, 0.717) is 19.3 Å². The summed E-state index contributed by atoms with van der Waals surface area (Å²) in [5, 5.41) is 35.0. The second kappa shape index (κ2) is 6.83. The molecule has 0 aliphatic heterocycles. The molecule has 0 bridgehead atoms. The zero-order chi connectivity index (χ0) is 16.0. The second-order valence-corrected chi connectivity index (χ2v) is 3.16. The van der Waals surface area contributed by atoms with Crippen molar-refractivity contribution in [1.82, 2.24) is 0 Å². The topological polar surface area (TPSA) is 149 Å². The predicted molar refractivity (Wildman–Crippen MR) is 61.3 cm³/mol. The molecule has 0 spiro atoms. The van der Waals surface area contributed by atoms with E-state index in [-0.39, 0.29) is 0 Å². The van der Waals surface area contributed by atoms with Crippen molar-refractivity contribution in [1.29, 1.82) is 0 Å². The van der Waals surface area contributed by atoms with Crippen LogP contribution in [0.4, 0.5) is 4.39 Å². The SMILES string of the molecule is CF.O=C(O)c1cc(C(=O)O)c(C(=O)O)cc1C(=O)O. The zero-order valence-electron chi connectivity index (χ0n) is 9.95. The van der Waals surface area contributed by atoms with E-state index in [0.717, 1.165) is 0 Å². The number of aromatic carboxylic acids is 4. The first-order chi connectivity index (χ1) is 9.25. The summed E-state index contributed by atoms with van der Waals surface area (Å²) >= 11 is 0. The van der Waals surface area contributed by atoms with E-state index in [4.69, 9.17) is 20.4 Å². The fraction of sp³-hybridized carbons (Fsp3) is 0.0909. The summed E-state index contributed by atoms with van der Waals surface area (Å²) in [5.41, 5.74) is -3.15. The van der Waals surface area contributed by atoms with Gasteiger partial charge < -0.3 is 20.4 Å². The monoisotopic (exact) mass is 288 g/mol. The van der Waals surface area contributed by atoms with E-state index in [1.807, 2.05) is 0 Å². The van der Waals surface area contributed by atoms with E-state index in [1.54, 1.807) is 0 Å². The fourth-order valence-corrected chi connectivity index (χ4v) is 1.31. The van der Waals surface area contributed by atoms with Gasteiger partial charge in [0.05, 0.1) is 29.4 Å². The molecule has 9 heteroatoms. The smallest absolute Gasteiger partial charge is 0.336 e. The molecule has 1 aromatic rings. The van der Waals surface area contributed by atoms with Gasteiger partial charge >= 0.3 is 23.9 Å². The molecule has 0 atom stereocenters. The number of rotatable bonds is 4. The van der Waals surface area contributed by atoms with Crippen LogP contribution in [0.1, 0.15) is 41.4 Å². The predicted octanol–water partition coefficient (Wildman–Crippen LogP) is 1.07. The molecule has 0 aliphatic rings. The minimum absolute atomic E-state index is 0.500. The summed E-state index contributed by atoms with van der Waals surface area (Å²) in [4.78, 5) is 43.1. The Morgan fingerprint density at radius 3 is 0.900 bits per heavy atom. The van der Waals surface area contributed by atoms with Gasteiger partial charge in [0.1, 0.15) is 0 Å². The Morgan fingerprint density at radius 2 is 0.800 bits per heavy atom. The van der Waals surface area contributed by atoms with E-state index < -0.39 is 46.1 Å². The van der Waals surface area contributed by atoms with Crippen molar-refractivity contribution in [2.45, 2.75) is 0 Å². The van der Waals surface area contributed by atoms with E-state index in [2.05, 4.69) is 0 Å². The number of halogens is 1. The van der Waals surface area contributed by atoms with Crippen LogP contribution in [0.5, 0.6) is 0 Å². The minimum atomic E-state index is -1.66. The maximum Gasteiger partial charge on any atom is 0.336 e. The first kappa shape index (κ1) is 17.0. The quantitative estimate of drug-likeness (QED) is 0.642. The summed E-state index contributed by atoms with van der Waals surface area (Å²) in [6, 6.07) is 1.02. The van der Waals surface area contributed by atoms with Crippen LogP contribution in [0.3, 0.4) is 0 Å². The number of benzene rings is 1. The number of hydrogen-bond donors (Lipinski definition) is 4. The summed E-state index contributed by atoms with van der Waals surface area (Å²) < 4.78 is 9.50. The third-order valence-electron chi connectivity index (χ3n) is 2.08. The van der Waals surface area contributed by atoms with Crippen molar-refractivity contribution in [2.75, 3.05) is 7.18 Å². The highest BCUT2D eigenvalue weighted by Gasteiger charge is 2.24. The van der Waals surface area contributed by atoms with Crippen LogP contribution in [-0.2, 0) is 0 Å². The molecule has 0 aliphatic carbocycles. The second-order valence-electron chi connectivity index (χ2n) is 3.16. The molecule has 1 rings (SSSR count). The first-order valence-electron chi connectivity index (χ1n) is 4.74. The molecule has 4 N–H and O–H groups in total. The first-order valence-corrected chi connectivity index (χ1v) is 4.74. The Balaban J connectivity index is 0.00000172. The molecule has 0 aromatic heterocycles. The molecule has 0 saturated carbocycles. The van der Waals surface area contributed by atoms with Gasteiger partial charge in [-0.3, -0.25) is 4.39 Å². The number of hydrogen-bond acceptors (Lipinski definition) is 4. The van der Waals surface area contributed by atoms with Crippen molar-refractivity contribution in [2.24, 2.45) is 0 Å². The van der Waals surface area contributed by atoms with Crippen molar-refractivity contribution in [3.05, 3.63) is 34.4 Å². The lowest BCUT2D eigenvalue weighted by Gasteiger charge is -2.06. The van der Waals surface area contributed by atoms with Crippen molar-refractivity contribution in [3.8, 4) is 0 Å². The third kappa shape index (κ3) is 3.51. The Morgan fingerprint density at radius 1 is 0.650 bits per heavy atom. The normalized spacial score (nSPS) is 9.10. The molecule has 20 heavy (non-hydrogen) atoms. The van der Waals surface area contributed by atoms with E-state index >= 15 is 0 Å². The highest BCUT2D eigenvalue weighted by Crippen LogP contribution is 2.18. The molecular formula is C11H9FO8. The highest BCUT2D eigenvalue weighted by atomic mass is 19.1. The molecule has 0 fully saturated rings. The molecule has 0 radical (unpaired) electrons. The highest BCUT2D eigenvalue weighted by molar-refractivity contribution is 6.09. The van der Waals surface area contributed by atoms with Crippen LogP contribution < -0.4 is 0 Å². The van der Waals surface area contributed by atoms with Gasteiger partial charge in [-0.05, 0) is 12.1 Å². The molecule has 0 heterocycles. The zero-order valence-corrected chi connectivity index (χ0v) is 9.95. The van der Waals surface area contributed by atoms with Crippen molar-refractivity contribution < 1.29 is 44.0 Å². The molecule has 0 unspecified atom stereocenters. The van der Waals surface area contributed by atoms with E-state index in [9.17, 15) is 23.6 Å². The average Bonchev–Trinajstić information content (AvgIpc) is 2.38. The summed E-state index contributed by atoms with van der Waals surface area (Å²) in [6.07, 6.45) is 0. The number of carbonyl (C=O) groups is 4. The summed E-state index contributed by atoms with van der Waals surface area (Å²) in [5.74, 6) is -6.64. The van der Waals surface area contributed by atoms with Gasteiger partial charge in [0.25, 0.3) is 0 Å². The van der Waals surface area contributed by atoms with Gasteiger partial charge in [-0.25, -0.2) is 19.2 Å². The molecular weight excluding hydrogens is 279 g/mol. The van der Waals surface area contributed by atoms with Gasteiger partial charge in [0.15, 0.2) is 0 Å². The van der Waals surface area contributed by atoms with Gasteiger partial charge in [0, 0.05) is 0 Å². The van der Waals surface area contributed by atoms with Gasteiger partial charge in [-0.2, -0.15) is 0 Å². The number of carboxylic acids is 4. The van der Waals surface area contributed by atoms with Crippen LogP contribution in [0.15, 0.2) is 12.1 Å². The van der Waals surface area contributed by atoms with Crippen LogP contribution in [-0.4, -0.2) is 51.5 Å². The molecule has 0 saturated heterocycles. The fourth-order valence-electron chi connectivity index (χ4n) is 1.31. The van der Waals surface area contributed by atoms with Gasteiger partial charge in [-0.15, -0.1) is 0 Å². The average molecular weight is 288 g/mol. The molecule has 1 aromatic carbocycles. The maximum absolute atomic E-state index is 10.8. The van der Waals surface area contributed by atoms with Crippen LogP contribution in [0.25, 0.3) is 0 Å². The van der Waals surface area contributed by atoms with Crippen LogP contribution in [0, 0.1) is 0 Å². The minimum Gasteiger partial charge on any atom is -0.478 e. The largest absolute Gasteiger partial charge is 0.478 e. The maximum atomic E-state index is 10.8. The third-order valence-corrected chi connectivity index (χ3v) is 2.08. The lowest BCUT2D eigenvalue weighted by atomic mass is 9.98. The Labute approximate surface area is 110 Å². The van der Waals surface area contributed by atoms with Crippen molar-refractivity contribution in [3.63, 3.8) is 0 Å². The summed E-state index contributed by atoms with van der Waals surface area (Å²) in [7, 11) is 0.500. The van der Waals surface area contributed by atoms with Gasteiger partial charge in [-0.1, -0.05) is 0 Å². The van der Waals surface area contributed by atoms with E-state index in [1.165, 1.54) is 0 Å². The van der Waals surface area contributed by atoms with Crippen molar-refractivity contribution >= 4 is 23.9 Å². The lowest BCUT2D eigenvalue weighted by molar-refractivity contribution is 0.0637. The van der Waals surface area contributed by atoms with Crippen LogP contribution in [0.2, 0.25) is 0 Å². The van der Waals surface area contributed by atoms with Crippen LogP contribution >= 0.6 is 0 Å². The number of alkyl halides is 1. The molecule has 0 amide bonds. The molecule has 108 valence electrons. The summed E-state index contributed by atoms with van der Waals surface area (Å²) in [6.45, 7) is 0. The standard InChI is InChI=1S/C10H6O8.CH3F/c11-7(12)3-1-4(8(13)14)6(10(17)18)2-5(3)9(15)16;1-2/h1-2H,(H,11,12)(H,13,14)(H,15,16)(H,17,18);1H3. The Hall–Kier alpha value is -2.97. The number of carboxylic acid groups (broad SMARTS) is 4. The lowest BCUT2D eigenvalue weighted by Crippen LogP contribution is -2.15. The Kier molecular flexibility index (Phi) is 5.81. The molecule has 8 nitrogen and oxygen atoms in total. The van der Waals surface area contributed by atoms with Gasteiger partial charge in [0.2, 0.25) is 0 Å². The Bertz CT molecular complexity index is 480.